The van der Waals surface area contributed by atoms with E-state index in [9.17, 15) is 0 Å². The Hall–Kier alpha value is -0.160. The third kappa shape index (κ3) is 14.1. The van der Waals surface area contributed by atoms with Crippen molar-refractivity contribution in [2.75, 3.05) is 53.0 Å². The molecule has 0 aromatic heterocycles. The van der Waals surface area contributed by atoms with Gasteiger partial charge in [-0.25, -0.2) is 0 Å². The van der Waals surface area contributed by atoms with E-state index in [-0.39, 0.29) is 0 Å². The number of hydrogen-bond donors (Lipinski definition) is 1. The van der Waals surface area contributed by atoms with E-state index in [2.05, 4.69) is 37.9 Å². The molecule has 0 aromatic carbocycles. The van der Waals surface area contributed by atoms with E-state index >= 15 is 0 Å². The van der Waals surface area contributed by atoms with Gasteiger partial charge in [0, 0.05) is 39.9 Å². The van der Waals surface area contributed by atoms with Crippen molar-refractivity contribution in [3.05, 3.63) is 0 Å². The second kappa shape index (κ2) is 12.9. The molecule has 0 amide bonds. The molecule has 0 rings (SSSR count). The summed E-state index contributed by atoms with van der Waals surface area (Å²) in [6.45, 7) is 15.7. The van der Waals surface area contributed by atoms with Crippen molar-refractivity contribution in [2.24, 2.45) is 5.92 Å². The second-order valence-corrected chi connectivity index (χ2v) is 5.71. The Kier molecular flexibility index (Phi) is 12.7. The average Bonchev–Trinajstić information content (AvgIpc) is 2.33. The van der Waals surface area contributed by atoms with E-state index in [1.54, 1.807) is 7.11 Å². The summed E-state index contributed by atoms with van der Waals surface area (Å²) in [5, 5.41) is 3.48. The first-order valence-corrected chi connectivity index (χ1v) is 7.59. The van der Waals surface area contributed by atoms with Crippen LogP contribution in [0.15, 0.2) is 0 Å². The molecule has 0 unspecified atom stereocenters. The van der Waals surface area contributed by atoms with E-state index in [4.69, 9.17) is 9.47 Å². The maximum atomic E-state index is 5.51. The highest BCUT2D eigenvalue weighted by Crippen LogP contribution is 1.98. The van der Waals surface area contributed by atoms with Crippen LogP contribution in [-0.4, -0.2) is 64.1 Å². The van der Waals surface area contributed by atoms with Crippen molar-refractivity contribution < 1.29 is 9.47 Å². The number of hydrogen-bond acceptors (Lipinski definition) is 4. The summed E-state index contributed by atoms with van der Waals surface area (Å²) < 4.78 is 10.7. The minimum atomic E-state index is 0.343. The zero-order chi connectivity index (χ0) is 14.5. The molecule has 0 saturated heterocycles. The fourth-order valence-electron chi connectivity index (χ4n) is 1.91. The smallest absolute Gasteiger partial charge is 0.0589 e. The summed E-state index contributed by atoms with van der Waals surface area (Å²) in [5.41, 5.74) is 0. The summed E-state index contributed by atoms with van der Waals surface area (Å²) in [6.07, 6.45) is 1.43. The molecule has 0 aliphatic rings. The van der Waals surface area contributed by atoms with Gasteiger partial charge in [-0.3, -0.25) is 4.90 Å². The molecule has 4 heteroatoms. The maximum Gasteiger partial charge on any atom is 0.0589 e. The second-order valence-electron chi connectivity index (χ2n) is 5.71. The highest BCUT2D eigenvalue weighted by atomic mass is 16.5. The Balaban J connectivity index is 3.51. The van der Waals surface area contributed by atoms with Crippen molar-refractivity contribution in [1.29, 1.82) is 0 Å². The number of nitrogens with zero attached hydrogens (tertiary/aromatic N) is 1. The van der Waals surface area contributed by atoms with Gasteiger partial charge in [0.15, 0.2) is 0 Å². The Morgan fingerprint density at radius 3 is 2.32 bits per heavy atom. The van der Waals surface area contributed by atoms with E-state index in [0.29, 0.717) is 12.0 Å². The number of rotatable bonds is 13. The van der Waals surface area contributed by atoms with E-state index in [1.165, 1.54) is 0 Å². The highest BCUT2D eigenvalue weighted by molar-refractivity contribution is 4.62. The fourth-order valence-corrected chi connectivity index (χ4v) is 1.91. The predicted octanol–water partition coefficient (Wildman–Crippen LogP) is 2.00. The standard InChI is InChI=1S/C15H34N2O2/c1-14(2)13-17(10-12-18-5)9-8-16-7-6-11-19-15(3)4/h14-16H,6-13H2,1-5H3. The van der Waals surface area contributed by atoms with Crippen molar-refractivity contribution in [3.8, 4) is 0 Å². The lowest BCUT2D eigenvalue weighted by Gasteiger charge is -2.24. The number of ether oxygens (including phenoxy) is 2. The molecule has 0 atom stereocenters. The van der Waals surface area contributed by atoms with Gasteiger partial charge in [-0.15, -0.1) is 0 Å². The average molecular weight is 274 g/mol. The first-order chi connectivity index (χ1) is 9.06. The minimum Gasteiger partial charge on any atom is -0.383 e. The lowest BCUT2D eigenvalue weighted by atomic mass is 10.2. The molecule has 0 aliphatic carbocycles. The van der Waals surface area contributed by atoms with Gasteiger partial charge < -0.3 is 14.8 Å². The minimum absolute atomic E-state index is 0.343. The third-order valence-corrected chi connectivity index (χ3v) is 2.79. The van der Waals surface area contributed by atoms with Crippen molar-refractivity contribution in [2.45, 2.75) is 40.2 Å². The molecule has 0 fully saturated rings. The van der Waals surface area contributed by atoms with Crippen LogP contribution >= 0.6 is 0 Å². The molecular weight excluding hydrogens is 240 g/mol. The maximum absolute atomic E-state index is 5.51. The Morgan fingerprint density at radius 2 is 1.74 bits per heavy atom. The molecule has 0 bridgehead atoms. The van der Waals surface area contributed by atoms with E-state index < -0.39 is 0 Å². The summed E-state index contributed by atoms with van der Waals surface area (Å²) in [6, 6.07) is 0. The molecule has 19 heavy (non-hydrogen) atoms. The van der Waals surface area contributed by atoms with Gasteiger partial charge in [0.25, 0.3) is 0 Å². The van der Waals surface area contributed by atoms with Gasteiger partial charge in [-0.1, -0.05) is 13.8 Å². The van der Waals surface area contributed by atoms with Gasteiger partial charge in [-0.2, -0.15) is 0 Å². The molecule has 0 saturated carbocycles. The van der Waals surface area contributed by atoms with Crippen LogP contribution in [0.4, 0.5) is 0 Å². The van der Waals surface area contributed by atoms with Crippen LogP contribution < -0.4 is 5.32 Å². The normalized spacial score (nSPS) is 12.0. The van der Waals surface area contributed by atoms with Crippen LogP contribution in [0.5, 0.6) is 0 Å². The molecular formula is C15H34N2O2. The van der Waals surface area contributed by atoms with E-state index in [0.717, 1.165) is 52.4 Å². The number of nitrogens with one attached hydrogen (secondary N) is 1. The highest BCUT2D eigenvalue weighted by Gasteiger charge is 2.06. The molecule has 1 N–H and O–H groups in total. The summed E-state index contributed by atoms with van der Waals surface area (Å²) in [4.78, 5) is 2.46. The first-order valence-electron chi connectivity index (χ1n) is 7.59. The molecule has 0 heterocycles. The van der Waals surface area contributed by atoms with Crippen LogP contribution in [-0.2, 0) is 9.47 Å². The van der Waals surface area contributed by atoms with Crippen LogP contribution in [0.3, 0.4) is 0 Å². The quantitative estimate of drug-likeness (QED) is 0.521. The first kappa shape index (κ1) is 18.8. The van der Waals surface area contributed by atoms with Crippen LogP contribution in [0.25, 0.3) is 0 Å². The van der Waals surface area contributed by atoms with Crippen molar-refractivity contribution in [1.82, 2.24) is 10.2 Å². The molecule has 0 spiro atoms. The number of methoxy groups -OCH3 is 1. The van der Waals surface area contributed by atoms with Crippen molar-refractivity contribution >= 4 is 0 Å². The van der Waals surface area contributed by atoms with Gasteiger partial charge in [-0.05, 0) is 32.7 Å². The SMILES string of the molecule is COCCN(CCNCCCOC(C)C)CC(C)C. The summed E-state index contributed by atoms with van der Waals surface area (Å²) >= 11 is 0. The van der Waals surface area contributed by atoms with Gasteiger partial charge in [0.2, 0.25) is 0 Å². The van der Waals surface area contributed by atoms with E-state index in [1.807, 2.05) is 0 Å². The zero-order valence-corrected chi connectivity index (χ0v) is 13.6. The molecule has 116 valence electrons. The lowest BCUT2D eigenvalue weighted by Crippen LogP contribution is -2.37. The largest absolute Gasteiger partial charge is 0.383 e. The summed E-state index contributed by atoms with van der Waals surface area (Å²) in [7, 11) is 1.76. The van der Waals surface area contributed by atoms with Gasteiger partial charge in [0.1, 0.15) is 0 Å². The molecule has 0 aromatic rings. The molecule has 0 aliphatic heterocycles. The zero-order valence-electron chi connectivity index (χ0n) is 13.6. The molecule has 0 radical (unpaired) electrons. The van der Waals surface area contributed by atoms with Gasteiger partial charge in [0.05, 0.1) is 12.7 Å². The monoisotopic (exact) mass is 274 g/mol. The van der Waals surface area contributed by atoms with Crippen molar-refractivity contribution in [3.63, 3.8) is 0 Å². The van der Waals surface area contributed by atoms with Crippen LogP contribution in [0, 0.1) is 5.92 Å². The summed E-state index contributed by atoms with van der Waals surface area (Å²) in [5.74, 6) is 0.705. The predicted molar refractivity (Wildman–Crippen MR) is 81.7 cm³/mol. The Morgan fingerprint density at radius 1 is 1.00 bits per heavy atom. The topological polar surface area (TPSA) is 33.7 Å². The van der Waals surface area contributed by atoms with Crippen LogP contribution in [0.2, 0.25) is 0 Å². The van der Waals surface area contributed by atoms with Crippen LogP contribution in [0.1, 0.15) is 34.1 Å². The van der Waals surface area contributed by atoms with Gasteiger partial charge >= 0.3 is 0 Å². The lowest BCUT2D eigenvalue weighted by molar-refractivity contribution is 0.0769. The Bertz CT molecular complexity index is 187. The molecule has 4 nitrogen and oxygen atoms in total. The fraction of sp³-hybridized carbons (Fsp3) is 1.00. The third-order valence-electron chi connectivity index (χ3n) is 2.79. The Labute approximate surface area is 119 Å².